The van der Waals surface area contributed by atoms with E-state index in [1.54, 1.807) is 60.7 Å². The molecule has 0 aliphatic rings. The molecule has 0 heterocycles. The average molecular weight is 943 g/mol. The highest BCUT2D eigenvalue weighted by Gasteiger charge is 2.24. The Hall–Kier alpha value is -7.80. The van der Waals surface area contributed by atoms with E-state index in [0.29, 0.717) is 17.4 Å². The Morgan fingerprint density at radius 2 is 0.754 bits per heavy atom. The van der Waals surface area contributed by atoms with Gasteiger partial charge in [0.25, 0.3) is 54.0 Å². The fraction of sp³-hybridized carbons (Fsp3) is 0.0238. The zero-order chi connectivity index (χ0) is 47.3. The van der Waals surface area contributed by atoms with Crippen LogP contribution in [0.15, 0.2) is 148 Å². The number of benzene rings is 6. The van der Waals surface area contributed by atoms with Gasteiger partial charge in [0.05, 0.1) is 15.5 Å². The summed E-state index contributed by atoms with van der Waals surface area (Å²) in [5, 5.41) is 15.0. The summed E-state index contributed by atoms with van der Waals surface area (Å²) in [7, 11) is -14.8. The van der Waals surface area contributed by atoms with E-state index < -0.39 is 86.0 Å². The first-order chi connectivity index (χ1) is 30.5. The van der Waals surface area contributed by atoms with Crippen molar-refractivity contribution in [1.82, 2.24) is 0 Å². The van der Waals surface area contributed by atoms with Crippen LogP contribution in [0.1, 0.15) is 47.0 Å². The van der Waals surface area contributed by atoms with E-state index in [4.69, 9.17) is 0 Å². The largest absolute Gasteiger partial charge is 0.323 e. The van der Waals surface area contributed by atoms with Crippen molar-refractivity contribution in [3.63, 3.8) is 0 Å². The molecule has 65 heavy (non-hydrogen) atoms. The van der Waals surface area contributed by atoms with Gasteiger partial charge in [0.1, 0.15) is 4.90 Å². The van der Waals surface area contributed by atoms with Crippen LogP contribution in [0.4, 0.5) is 38.9 Å². The molecule has 0 atom stereocenters. The number of hydrogen-bond donors (Lipinski definition) is 9. The first-order valence-corrected chi connectivity index (χ1v) is 22.8. The smallest absolute Gasteiger partial charge is 0.322 e. The number of carbonyl (C=O) groups excluding carboxylic acids is 5. The second kappa shape index (κ2) is 18.9. The maximum absolute atomic E-state index is 13.7. The van der Waals surface area contributed by atoms with Crippen LogP contribution in [-0.4, -0.2) is 68.6 Å². The van der Waals surface area contributed by atoms with E-state index in [9.17, 15) is 62.9 Å². The van der Waals surface area contributed by atoms with Gasteiger partial charge in [0.15, 0.2) is 0 Å². The standard InChI is InChI=1S/C42H34N6O14S3/c1-24-16-33(63(54,55)56)12-14-35(24)47-40(51)27-18-28(41(52)48-36-15-13-34(64(57,58)59)23-37(36)65(60,61)62)22-32(21-27)46-42(53)45-31-19-25(38(49)43-29-8-4-2-5-9-29)17-26(20-31)39(50)44-30-10-6-3-7-11-30/h2-23H,1H3,(H,43,49)(H,44,50)(H,47,51)(H,48,52)(H2,45,46,53)(H,54,55,56)(H,57,58,59)(H,60,61,62). The van der Waals surface area contributed by atoms with Crippen molar-refractivity contribution >= 4 is 94.1 Å². The third kappa shape index (κ3) is 12.2. The second-order valence-electron chi connectivity index (χ2n) is 13.8. The van der Waals surface area contributed by atoms with Crippen LogP contribution < -0.4 is 31.9 Å². The molecule has 0 radical (unpaired) electrons. The van der Waals surface area contributed by atoms with Crippen molar-refractivity contribution in [2.75, 3.05) is 31.9 Å². The summed E-state index contributed by atoms with van der Waals surface area (Å²) in [6, 6.07) is 27.9. The van der Waals surface area contributed by atoms with Crippen LogP contribution in [0.2, 0.25) is 0 Å². The van der Waals surface area contributed by atoms with Crippen molar-refractivity contribution in [2.45, 2.75) is 21.6 Å². The van der Waals surface area contributed by atoms with Gasteiger partial charge in [-0.3, -0.25) is 32.8 Å². The van der Waals surface area contributed by atoms with Crippen LogP contribution >= 0.6 is 0 Å². The maximum Gasteiger partial charge on any atom is 0.323 e. The molecule has 0 aromatic heterocycles. The topological polar surface area (TPSA) is 321 Å². The van der Waals surface area contributed by atoms with E-state index in [0.717, 1.165) is 42.5 Å². The third-order valence-electron chi connectivity index (χ3n) is 9.01. The molecule has 0 unspecified atom stereocenters. The summed E-state index contributed by atoms with van der Waals surface area (Å²) < 4.78 is 99.8. The number of para-hydroxylation sites is 2. The van der Waals surface area contributed by atoms with Gasteiger partial charge < -0.3 is 31.9 Å². The van der Waals surface area contributed by atoms with Gasteiger partial charge in [0, 0.05) is 50.7 Å². The van der Waals surface area contributed by atoms with E-state index >= 15 is 0 Å². The summed E-state index contributed by atoms with van der Waals surface area (Å²) >= 11 is 0. The van der Waals surface area contributed by atoms with Crippen LogP contribution in [0.3, 0.4) is 0 Å². The number of carbonyl (C=O) groups is 5. The van der Waals surface area contributed by atoms with E-state index in [1.165, 1.54) is 31.2 Å². The summed E-state index contributed by atoms with van der Waals surface area (Å²) in [6.45, 7) is 1.42. The van der Waals surface area contributed by atoms with Gasteiger partial charge >= 0.3 is 6.03 Å². The third-order valence-corrected chi connectivity index (χ3v) is 11.6. The number of rotatable bonds is 13. The zero-order valence-corrected chi connectivity index (χ0v) is 35.7. The minimum atomic E-state index is -5.24. The van der Waals surface area contributed by atoms with E-state index in [2.05, 4.69) is 31.9 Å². The lowest BCUT2D eigenvalue weighted by molar-refractivity contribution is 0.101. The van der Waals surface area contributed by atoms with Gasteiger partial charge in [-0.2, -0.15) is 25.3 Å². The molecule has 23 heteroatoms. The molecule has 9 N–H and O–H groups in total. The number of urea groups is 1. The summed E-state index contributed by atoms with van der Waals surface area (Å²) in [4.78, 5) is 65.3. The fourth-order valence-electron chi connectivity index (χ4n) is 5.97. The van der Waals surface area contributed by atoms with Crippen molar-refractivity contribution < 1.29 is 62.9 Å². The first kappa shape index (κ1) is 46.7. The molecule has 0 saturated heterocycles. The summed E-state index contributed by atoms with van der Waals surface area (Å²) in [6.07, 6.45) is 0. The van der Waals surface area contributed by atoms with Crippen molar-refractivity contribution in [3.05, 3.63) is 161 Å². The van der Waals surface area contributed by atoms with Crippen LogP contribution in [-0.2, 0) is 30.4 Å². The number of amides is 6. The van der Waals surface area contributed by atoms with Crippen LogP contribution in [0.5, 0.6) is 0 Å². The van der Waals surface area contributed by atoms with E-state index in [-0.39, 0.29) is 39.3 Å². The molecule has 20 nitrogen and oxygen atoms in total. The highest BCUT2D eigenvalue weighted by atomic mass is 32.2. The molecule has 6 rings (SSSR count). The number of aryl methyl sites for hydroxylation is 1. The van der Waals surface area contributed by atoms with Gasteiger partial charge in [0.2, 0.25) is 0 Å². The quantitative estimate of drug-likeness (QED) is 0.0567. The Morgan fingerprint density at radius 3 is 1.14 bits per heavy atom. The molecular formula is C42H34N6O14S3. The monoisotopic (exact) mass is 942 g/mol. The SMILES string of the molecule is Cc1cc(S(=O)(=O)O)ccc1NC(=O)c1cc(NC(=O)Nc2cc(C(=O)Nc3ccccc3)cc(C(=O)Nc3ccccc3)c2)cc(C(=O)Nc2ccc(S(=O)(=O)O)cc2S(=O)(=O)O)c1. The van der Waals surface area contributed by atoms with Gasteiger partial charge in [-0.25, -0.2) is 4.79 Å². The Balaban J connectivity index is 1.34. The number of nitrogens with one attached hydrogen (secondary N) is 6. The normalized spacial score (nSPS) is 11.4. The molecule has 0 bridgehead atoms. The Morgan fingerprint density at radius 1 is 0.385 bits per heavy atom. The highest BCUT2D eigenvalue weighted by Crippen LogP contribution is 2.28. The summed E-state index contributed by atoms with van der Waals surface area (Å²) in [5.74, 6) is -3.40. The van der Waals surface area contributed by atoms with Crippen LogP contribution in [0, 0.1) is 6.92 Å². The Labute approximate surface area is 370 Å². The van der Waals surface area contributed by atoms with Crippen LogP contribution in [0.25, 0.3) is 0 Å². The zero-order valence-electron chi connectivity index (χ0n) is 33.3. The van der Waals surface area contributed by atoms with Gasteiger partial charge in [-0.05, 0) is 110 Å². The fourth-order valence-corrected chi connectivity index (χ4v) is 7.79. The molecule has 6 aromatic carbocycles. The minimum absolute atomic E-state index is 0.0451. The predicted octanol–water partition coefficient (Wildman–Crippen LogP) is 6.39. The second-order valence-corrected chi connectivity index (χ2v) is 18.0. The van der Waals surface area contributed by atoms with Crippen molar-refractivity contribution in [2.24, 2.45) is 0 Å². The Kier molecular flexibility index (Phi) is 13.6. The lowest BCUT2D eigenvalue weighted by atomic mass is 10.1. The van der Waals surface area contributed by atoms with E-state index in [1.807, 2.05) is 0 Å². The summed E-state index contributed by atoms with van der Waals surface area (Å²) in [5.41, 5.74) is -0.735. The van der Waals surface area contributed by atoms with Crippen molar-refractivity contribution in [3.8, 4) is 0 Å². The molecular weight excluding hydrogens is 909 g/mol. The minimum Gasteiger partial charge on any atom is -0.322 e. The maximum atomic E-state index is 13.7. The molecule has 6 amide bonds. The lowest BCUT2D eigenvalue weighted by Crippen LogP contribution is -2.23. The molecule has 0 aliphatic carbocycles. The molecule has 334 valence electrons. The van der Waals surface area contributed by atoms with Gasteiger partial charge in [-0.1, -0.05) is 36.4 Å². The molecule has 6 aromatic rings. The molecule has 0 saturated carbocycles. The molecule has 0 fully saturated rings. The number of hydrogen-bond acceptors (Lipinski definition) is 11. The first-order valence-electron chi connectivity index (χ1n) is 18.4. The molecule has 0 aliphatic heterocycles. The Bertz CT molecular complexity index is 3170. The number of anilines is 6. The lowest BCUT2D eigenvalue weighted by Gasteiger charge is -2.15. The molecule has 0 spiro atoms. The van der Waals surface area contributed by atoms with Gasteiger partial charge in [-0.15, -0.1) is 0 Å². The predicted molar refractivity (Wildman–Crippen MR) is 237 cm³/mol. The average Bonchev–Trinajstić information content (AvgIpc) is 3.23. The van der Waals surface area contributed by atoms with Crippen molar-refractivity contribution in [1.29, 1.82) is 0 Å². The highest BCUT2D eigenvalue weighted by molar-refractivity contribution is 7.86.